The van der Waals surface area contributed by atoms with E-state index in [-0.39, 0.29) is 5.60 Å². The van der Waals surface area contributed by atoms with E-state index in [9.17, 15) is 4.79 Å². The van der Waals surface area contributed by atoms with Crippen LogP contribution in [0.4, 0.5) is 0 Å². The molecule has 0 unspecified atom stereocenters. The summed E-state index contributed by atoms with van der Waals surface area (Å²) in [5, 5.41) is 0.907. The molecule has 0 N–H and O–H groups in total. The van der Waals surface area contributed by atoms with Gasteiger partial charge in [-0.15, -0.1) is 0 Å². The van der Waals surface area contributed by atoms with Crippen molar-refractivity contribution in [3.63, 3.8) is 0 Å². The number of aromatic nitrogens is 2. The fourth-order valence-electron chi connectivity index (χ4n) is 2.79. The zero-order valence-corrected chi connectivity index (χ0v) is 11.8. The SMILES string of the molecule is CC1(C)C[C@H](c2ncc3cc(C=O)ccc3n2)CCO1. The number of ether oxygens (including phenoxy) is 1. The number of fused-ring (bicyclic) bond motifs is 1. The molecule has 2 aromatic rings. The number of nitrogens with zero attached hydrogens (tertiary/aromatic N) is 2. The van der Waals surface area contributed by atoms with Crippen molar-refractivity contribution >= 4 is 17.2 Å². The van der Waals surface area contributed by atoms with Crippen molar-refractivity contribution in [2.75, 3.05) is 6.61 Å². The van der Waals surface area contributed by atoms with Gasteiger partial charge in [-0.2, -0.15) is 0 Å². The summed E-state index contributed by atoms with van der Waals surface area (Å²) in [6, 6.07) is 5.49. The van der Waals surface area contributed by atoms with E-state index in [0.717, 1.165) is 42.5 Å². The first-order valence-electron chi connectivity index (χ1n) is 6.93. The van der Waals surface area contributed by atoms with Crippen LogP contribution in [0.5, 0.6) is 0 Å². The van der Waals surface area contributed by atoms with Gasteiger partial charge in [0.2, 0.25) is 0 Å². The Kier molecular flexibility index (Phi) is 3.26. The lowest BCUT2D eigenvalue weighted by Crippen LogP contribution is -2.33. The van der Waals surface area contributed by atoms with Crippen molar-refractivity contribution in [3.05, 3.63) is 35.8 Å². The molecule has 104 valence electrons. The summed E-state index contributed by atoms with van der Waals surface area (Å²) in [4.78, 5) is 19.9. The standard InChI is InChI=1S/C16H18N2O2/c1-16(2)8-12(5-6-20-16)15-17-9-13-7-11(10-19)3-4-14(13)18-15/h3-4,7,9-10,12H,5-6,8H2,1-2H3/t12-/m1/s1. The van der Waals surface area contributed by atoms with Gasteiger partial charge in [0.05, 0.1) is 11.1 Å². The summed E-state index contributed by atoms with van der Waals surface area (Å²) in [5.41, 5.74) is 1.44. The Morgan fingerprint density at radius 3 is 3.00 bits per heavy atom. The fourth-order valence-corrected chi connectivity index (χ4v) is 2.79. The third kappa shape index (κ3) is 2.56. The number of carbonyl (C=O) groups excluding carboxylic acids is 1. The molecule has 20 heavy (non-hydrogen) atoms. The number of hydrogen-bond acceptors (Lipinski definition) is 4. The highest BCUT2D eigenvalue weighted by atomic mass is 16.5. The van der Waals surface area contributed by atoms with Gasteiger partial charge in [0.25, 0.3) is 0 Å². The lowest BCUT2D eigenvalue weighted by Gasteiger charge is -2.34. The van der Waals surface area contributed by atoms with Crippen molar-refractivity contribution in [1.82, 2.24) is 9.97 Å². The van der Waals surface area contributed by atoms with E-state index >= 15 is 0 Å². The minimum atomic E-state index is -0.109. The zero-order valence-electron chi connectivity index (χ0n) is 11.8. The molecule has 4 heteroatoms. The first-order chi connectivity index (χ1) is 9.57. The molecule has 1 saturated heterocycles. The number of benzene rings is 1. The van der Waals surface area contributed by atoms with Gasteiger partial charge >= 0.3 is 0 Å². The normalized spacial score (nSPS) is 21.8. The molecule has 1 aliphatic rings. The Labute approximate surface area is 118 Å². The maximum atomic E-state index is 10.8. The minimum Gasteiger partial charge on any atom is -0.376 e. The number of carbonyl (C=O) groups is 1. The first kappa shape index (κ1) is 13.2. The molecular weight excluding hydrogens is 252 g/mol. The largest absolute Gasteiger partial charge is 0.376 e. The molecule has 0 saturated carbocycles. The van der Waals surface area contributed by atoms with E-state index in [1.807, 2.05) is 18.3 Å². The average Bonchev–Trinajstić information content (AvgIpc) is 2.45. The predicted octanol–water partition coefficient (Wildman–Crippen LogP) is 3.11. The minimum absolute atomic E-state index is 0.109. The Balaban J connectivity index is 1.94. The predicted molar refractivity (Wildman–Crippen MR) is 76.9 cm³/mol. The van der Waals surface area contributed by atoms with Crippen LogP contribution in [-0.4, -0.2) is 28.5 Å². The lowest BCUT2D eigenvalue weighted by molar-refractivity contribution is -0.0602. The van der Waals surface area contributed by atoms with Crippen LogP contribution in [-0.2, 0) is 4.74 Å². The topological polar surface area (TPSA) is 52.1 Å². The molecule has 1 atom stereocenters. The second kappa shape index (κ2) is 4.94. The summed E-state index contributed by atoms with van der Waals surface area (Å²) in [6.45, 7) is 4.97. The quantitative estimate of drug-likeness (QED) is 0.787. The highest BCUT2D eigenvalue weighted by Gasteiger charge is 2.31. The van der Waals surface area contributed by atoms with E-state index in [2.05, 4.69) is 23.8 Å². The maximum absolute atomic E-state index is 10.8. The Morgan fingerprint density at radius 2 is 2.25 bits per heavy atom. The third-order valence-electron chi connectivity index (χ3n) is 3.82. The van der Waals surface area contributed by atoms with Crippen LogP contribution in [0.25, 0.3) is 10.9 Å². The van der Waals surface area contributed by atoms with Gasteiger partial charge < -0.3 is 4.74 Å². The second-order valence-electron chi connectivity index (χ2n) is 5.96. The van der Waals surface area contributed by atoms with Crippen molar-refractivity contribution in [2.24, 2.45) is 0 Å². The first-order valence-corrected chi connectivity index (χ1v) is 6.93. The van der Waals surface area contributed by atoms with Crippen LogP contribution in [0.2, 0.25) is 0 Å². The molecular formula is C16H18N2O2. The summed E-state index contributed by atoms with van der Waals surface area (Å²) >= 11 is 0. The highest BCUT2D eigenvalue weighted by molar-refractivity contribution is 5.86. The second-order valence-corrected chi connectivity index (χ2v) is 5.96. The van der Waals surface area contributed by atoms with Gasteiger partial charge in [-0.25, -0.2) is 9.97 Å². The van der Waals surface area contributed by atoms with Crippen molar-refractivity contribution in [3.8, 4) is 0 Å². The van der Waals surface area contributed by atoms with Gasteiger partial charge in [0.15, 0.2) is 0 Å². The number of aldehydes is 1. The smallest absolute Gasteiger partial charge is 0.150 e. The Hall–Kier alpha value is -1.81. The fraction of sp³-hybridized carbons (Fsp3) is 0.438. The molecule has 0 bridgehead atoms. The van der Waals surface area contributed by atoms with Gasteiger partial charge in [0, 0.05) is 29.7 Å². The summed E-state index contributed by atoms with van der Waals surface area (Å²) in [5.74, 6) is 1.22. The van der Waals surface area contributed by atoms with E-state index in [1.54, 1.807) is 6.07 Å². The van der Waals surface area contributed by atoms with E-state index in [1.165, 1.54) is 0 Å². The molecule has 0 spiro atoms. The van der Waals surface area contributed by atoms with Crippen molar-refractivity contribution in [1.29, 1.82) is 0 Å². The molecule has 1 aromatic carbocycles. The van der Waals surface area contributed by atoms with Gasteiger partial charge in [-0.3, -0.25) is 4.79 Å². The Bertz CT molecular complexity index is 652. The molecule has 0 amide bonds. The molecule has 4 nitrogen and oxygen atoms in total. The summed E-state index contributed by atoms with van der Waals surface area (Å²) < 4.78 is 5.74. The molecule has 2 heterocycles. The van der Waals surface area contributed by atoms with Gasteiger partial charge in [0.1, 0.15) is 12.1 Å². The molecule has 0 radical (unpaired) electrons. The molecule has 3 rings (SSSR count). The van der Waals surface area contributed by atoms with Crippen LogP contribution < -0.4 is 0 Å². The van der Waals surface area contributed by atoms with E-state index in [4.69, 9.17) is 4.74 Å². The van der Waals surface area contributed by atoms with Crippen LogP contribution in [0, 0.1) is 0 Å². The van der Waals surface area contributed by atoms with Gasteiger partial charge in [-0.05, 0) is 44.9 Å². The summed E-state index contributed by atoms with van der Waals surface area (Å²) in [7, 11) is 0. The van der Waals surface area contributed by atoms with Crippen molar-refractivity contribution in [2.45, 2.75) is 38.2 Å². The van der Waals surface area contributed by atoms with Crippen LogP contribution >= 0.6 is 0 Å². The van der Waals surface area contributed by atoms with Crippen molar-refractivity contribution < 1.29 is 9.53 Å². The van der Waals surface area contributed by atoms with Crippen LogP contribution in [0.15, 0.2) is 24.4 Å². The lowest BCUT2D eigenvalue weighted by atomic mass is 9.88. The summed E-state index contributed by atoms with van der Waals surface area (Å²) in [6.07, 6.45) is 4.55. The van der Waals surface area contributed by atoms with Crippen LogP contribution in [0.3, 0.4) is 0 Å². The highest BCUT2D eigenvalue weighted by Crippen LogP contribution is 2.34. The Morgan fingerprint density at radius 1 is 1.40 bits per heavy atom. The number of rotatable bonds is 2. The monoisotopic (exact) mass is 270 g/mol. The molecule has 1 aliphatic heterocycles. The third-order valence-corrected chi connectivity index (χ3v) is 3.82. The molecule has 1 fully saturated rings. The van der Waals surface area contributed by atoms with E-state index < -0.39 is 0 Å². The molecule has 1 aromatic heterocycles. The van der Waals surface area contributed by atoms with E-state index in [0.29, 0.717) is 11.5 Å². The average molecular weight is 270 g/mol. The molecule has 0 aliphatic carbocycles. The van der Waals surface area contributed by atoms with Gasteiger partial charge in [-0.1, -0.05) is 0 Å². The van der Waals surface area contributed by atoms with Crippen LogP contribution in [0.1, 0.15) is 48.8 Å². The number of hydrogen-bond donors (Lipinski definition) is 0. The zero-order chi connectivity index (χ0) is 14.2. The maximum Gasteiger partial charge on any atom is 0.150 e.